The SMILES string of the molecule is [C]1C=C2CCCCC2C2C=CC=C12. The van der Waals surface area contributed by atoms with Crippen molar-refractivity contribution in [3.8, 4) is 0 Å². The van der Waals surface area contributed by atoms with E-state index in [1.165, 1.54) is 31.3 Å². The van der Waals surface area contributed by atoms with Crippen LogP contribution in [-0.4, -0.2) is 0 Å². The highest BCUT2D eigenvalue weighted by molar-refractivity contribution is 5.43. The summed E-state index contributed by atoms with van der Waals surface area (Å²) in [5.41, 5.74) is 3.07. The van der Waals surface area contributed by atoms with Crippen LogP contribution in [0.3, 0.4) is 0 Å². The molecule has 0 spiro atoms. The molecule has 0 nitrogen and oxygen atoms in total. The standard InChI is InChI=1S/C13H14/c1-2-6-12-10(4-1)8-9-11-5-3-7-13(11)12/h3,5,7-8,12-13H,1-2,4,6H2. The van der Waals surface area contributed by atoms with E-state index in [2.05, 4.69) is 30.7 Å². The normalized spacial score (nSPS) is 36.3. The minimum absolute atomic E-state index is 0.681. The van der Waals surface area contributed by atoms with Gasteiger partial charge in [0.2, 0.25) is 0 Å². The van der Waals surface area contributed by atoms with Crippen molar-refractivity contribution < 1.29 is 0 Å². The van der Waals surface area contributed by atoms with Crippen molar-refractivity contribution in [1.29, 1.82) is 0 Å². The molecule has 3 rings (SSSR count). The molecule has 0 aromatic rings. The molecular formula is C13H14. The fourth-order valence-electron chi connectivity index (χ4n) is 2.82. The Kier molecular flexibility index (Phi) is 1.68. The maximum absolute atomic E-state index is 3.42. The van der Waals surface area contributed by atoms with E-state index in [4.69, 9.17) is 0 Å². The molecule has 0 heteroatoms. The average molecular weight is 170 g/mol. The third-order valence-corrected chi connectivity index (χ3v) is 3.52. The van der Waals surface area contributed by atoms with Crippen LogP contribution in [0.1, 0.15) is 25.7 Å². The molecule has 2 atom stereocenters. The molecular weight excluding hydrogens is 156 g/mol. The monoisotopic (exact) mass is 170 g/mol. The summed E-state index contributed by atoms with van der Waals surface area (Å²) in [6.07, 6.45) is 17.9. The van der Waals surface area contributed by atoms with Crippen molar-refractivity contribution in [2.45, 2.75) is 25.7 Å². The molecule has 0 heterocycles. The van der Waals surface area contributed by atoms with Gasteiger partial charge in [-0.1, -0.05) is 41.9 Å². The predicted molar refractivity (Wildman–Crippen MR) is 54.0 cm³/mol. The summed E-state index contributed by atoms with van der Waals surface area (Å²) in [7, 11) is 0. The summed E-state index contributed by atoms with van der Waals surface area (Å²) in [4.78, 5) is 0. The maximum Gasteiger partial charge on any atom is 0.0384 e. The molecule has 13 heavy (non-hydrogen) atoms. The molecule has 0 saturated heterocycles. The van der Waals surface area contributed by atoms with Crippen LogP contribution in [0, 0.1) is 18.3 Å². The third-order valence-electron chi connectivity index (χ3n) is 3.52. The van der Waals surface area contributed by atoms with Gasteiger partial charge in [-0.25, -0.2) is 0 Å². The Labute approximate surface area is 80.0 Å². The zero-order valence-corrected chi connectivity index (χ0v) is 7.79. The molecule has 0 aliphatic heterocycles. The molecule has 2 radical (unpaired) electrons. The van der Waals surface area contributed by atoms with E-state index < -0.39 is 0 Å². The molecule has 0 aromatic heterocycles. The highest BCUT2D eigenvalue weighted by atomic mass is 14.4. The van der Waals surface area contributed by atoms with Gasteiger partial charge in [0.05, 0.1) is 0 Å². The van der Waals surface area contributed by atoms with E-state index >= 15 is 0 Å². The van der Waals surface area contributed by atoms with Crippen molar-refractivity contribution in [3.63, 3.8) is 0 Å². The Balaban J connectivity index is 1.95. The van der Waals surface area contributed by atoms with E-state index in [-0.39, 0.29) is 0 Å². The summed E-state index contributed by atoms with van der Waals surface area (Å²) in [5, 5.41) is 0. The van der Waals surface area contributed by atoms with Gasteiger partial charge in [0.15, 0.2) is 0 Å². The zero-order valence-electron chi connectivity index (χ0n) is 7.79. The Bertz CT molecular complexity index is 304. The van der Waals surface area contributed by atoms with Gasteiger partial charge in [-0.3, -0.25) is 0 Å². The van der Waals surface area contributed by atoms with Gasteiger partial charge in [0.25, 0.3) is 0 Å². The second-order valence-electron chi connectivity index (χ2n) is 4.25. The summed E-state index contributed by atoms with van der Waals surface area (Å²) < 4.78 is 0. The van der Waals surface area contributed by atoms with Crippen LogP contribution >= 0.6 is 0 Å². The first kappa shape index (κ1) is 7.61. The summed E-state index contributed by atoms with van der Waals surface area (Å²) in [6.45, 7) is 0. The number of hydrogen-bond acceptors (Lipinski definition) is 0. The maximum atomic E-state index is 3.42. The number of rotatable bonds is 0. The van der Waals surface area contributed by atoms with Crippen LogP contribution in [0.5, 0.6) is 0 Å². The van der Waals surface area contributed by atoms with Crippen molar-refractivity contribution in [3.05, 3.63) is 41.9 Å². The van der Waals surface area contributed by atoms with Gasteiger partial charge in [0.1, 0.15) is 0 Å². The minimum Gasteiger partial charge on any atom is -0.0767 e. The van der Waals surface area contributed by atoms with Crippen LogP contribution in [0.4, 0.5) is 0 Å². The minimum atomic E-state index is 0.681. The topological polar surface area (TPSA) is 0 Å². The highest BCUT2D eigenvalue weighted by Crippen LogP contribution is 2.44. The van der Waals surface area contributed by atoms with Crippen molar-refractivity contribution >= 4 is 0 Å². The smallest absolute Gasteiger partial charge is 0.0384 e. The fraction of sp³-hybridized carbons (Fsp3) is 0.462. The molecule has 0 aromatic carbocycles. The van der Waals surface area contributed by atoms with Crippen molar-refractivity contribution in [2.75, 3.05) is 0 Å². The lowest BCUT2D eigenvalue weighted by Crippen LogP contribution is -2.22. The van der Waals surface area contributed by atoms with E-state index in [1.54, 1.807) is 5.57 Å². The molecule has 66 valence electrons. The number of allylic oxidation sites excluding steroid dienone is 6. The lowest BCUT2D eigenvalue weighted by molar-refractivity contribution is 0.392. The Morgan fingerprint density at radius 1 is 1.31 bits per heavy atom. The largest absolute Gasteiger partial charge is 0.0767 e. The molecule has 3 aliphatic carbocycles. The van der Waals surface area contributed by atoms with Crippen molar-refractivity contribution in [2.24, 2.45) is 11.8 Å². The fourth-order valence-corrected chi connectivity index (χ4v) is 2.82. The van der Waals surface area contributed by atoms with E-state index in [9.17, 15) is 0 Å². The van der Waals surface area contributed by atoms with Crippen molar-refractivity contribution in [1.82, 2.24) is 0 Å². The molecule has 1 fully saturated rings. The Morgan fingerprint density at radius 3 is 3.31 bits per heavy atom. The van der Waals surface area contributed by atoms with Gasteiger partial charge in [0, 0.05) is 12.3 Å². The Hall–Kier alpha value is -0.780. The molecule has 1 saturated carbocycles. The number of fused-ring (bicyclic) bond motifs is 3. The van der Waals surface area contributed by atoms with Gasteiger partial charge in [-0.05, 0) is 25.2 Å². The van der Waals surface area contributed by atoms with Crippen LogP contribution in [0.25, 0.3) is 0 Å². The van der Waals surface area contributed by atoms with Gasteiger partial charge in [-0.2, -0.15) is 0 Å². The predicted octanol–water partition coefficient (Wildman–Crippen LogP) is 3.31. The quantitative estimate of drug-likeness (QED) is 0.523. The van der Waals surface area contributed by atoms with Gasteiger partial charge in [-0.15, -0.1) is 0 Å². The van der Waals surface area contributed by atoms with Crippen LogP contribution in [0.2, 0.25) is 0 Å². The van der Waals surface area contributed by atoms with Crippen LogP contribution < -0.4 is 0 Å². The first-order valence-corrected chi connectivity index (χ1v) is 5.29. The van der Waals surface area contributed by atoms with Gasteiger partial charge < -0.3 is 0 Å². The zero-order chi connectivity index (χ0) is 8.67. The highest BCUT2D eigenvalue weighted by Gasteiger charge is 2.32. The van der Waals surface area contributed by atoms with E-state index in [0.717, 1.165) is 5.92 Å². The lowest BCUT2D eigenvalue weighted by atomic mass is 9.70. The van der Waals surface area contributed by atoms with E-state index in [0.29, 0.717) is 5.92 Å². The first-order chi connectivity index (χ1) is 6.45. The van der Waals surface area contributed by atoms with E-state index in [1.807, 2.05) is 0 Å². The molecule has 3 aliphatic rings. The van der Waals surface area contributed by atoms with Crippen LogP contribution in [-0.2, 0) is 0 Å². The first-order valence-electron chi connectivity index (χ1n) is 5.29. The summed E-state index contributed by atoms with van der Waals surface area (Å²) in [6, 6.07) is 0. The second kappa shape index (κ2) is 2.87. The third kappa shape index (κ3) is 1.12. The summed E-state index contributed by atoms with van der Waals surface area (Å²) in [5.74, 6) is 1.50. The molecule has 0 amide bonds. The second-order valence-corrected chi connectivity index (χ2v) is 4.25. The molecule has 0 bridgehead atoms. The number of hydrogen-bond donors (Lipinski definition) is 0. The molecule has 2 unspecified atom stereocenters. The average Bonchev–Trinajstić information content (AvgIpc) is 2.65. The van der Waals surface area contributed by atoms with Gasteiger partial charge >= 0.3 is 0 Å². The molecule has 0 N–H and O–H groups in total. The summed E-state index contributed by atoms with van der Waals surface area (Å²) >= 11 is 0. The Morgan fingerprint density at radius 2 is 2.31 bits per heavy atom. The van der Waals surface area contributed by atoms with Crippen LogP contribution in [0.15, 0.2) is 35.5 Å². The lowest BCUT2D eigenvalue weighted by Gasteiger charge is -2.34.